The van der Waals surface area contributed by atoms with E-state index in [1.54, 1.807) is 4.90 Å². The van der Waals surface area contributed by atoms with Crippen LogP contribution in [-0.2, 0) is 17.7 Å². The smallest absolute Gasteiger partial charge is 0.410 e. The standard InChI is InChI=1S/C34H40ClN7O5/c1-34(2,3)47-33(45)42-15-6-9-24(42)21-46-31-37-27-20-39(28-11-5-8-22-7-4-10-26(35)29(22)28)16-13-25(27)30(38-31)40-17-18-41(32(43)44)23(19-40)12-14-36/h4-5,7-8,10-11,23-24H,6,9,12-13,15-21H2,1-3H3,(H,43,44)/t23?,24-/m0/s1. The van der Waals surface area contributed by atoms with Crippen LogP contribution in [0.2, 0.25) is 5.02 Å². The molecular weight excluding hydrogens is 622 g/mol. The number of carboxylic acid groups (broad SMARTS) is 1. The summed E-state index contributed by atoms with van der Waals surface area (Å²) in [5, 5.41) is 21.9. The van der Waals surface area contributed by atoms with E-state index >= 15 is 0 Å². The van der Waals surface area contributed by atoms with E-state index in [9.17, 15) is 20.0 Å². The number of piperazine rings is 1. The highest BCUT2D eigenvalue weighted by Crippen LogP contribution is 2.37. The molecule has 3 aromatic rings. The third-order valence-electron chi connectivity index (χ3n) is 8.96. The first-order valence-electron chi connectivity index (χ1n) is 16.1. The monoisotopic (exact) mass is 661 g/mol. The zero-order valence-corrected chi connectivity index (χ0v) is 27.7. The molecule has 0 spiro atoms. The normalized spacial score (nSPS) is 19.8. The van der Waals surface area contributed by atoms with E-state index in [4.69, 9.17) is 31.0 Å². The minimum absolute atomic E-state index is 0.0806. The first-order chi connectivity index (χ1) is 22.5. The number of amides is 2. The fourth-order valence-electron chi connectivity index (χ4n) is 6.78. The molecule has 4 heterocycles. The van der Waals surface area contributed by atoms with Gasteiger partial charge in [-0.15, -0.1) is 0 Å². The van der Waals surface area contributed by atoms with Crippen molar-refractivity contribution in [3.05, 3.63) is 52.7 Å². The lowest BCUT2D eigenvalue weighted by atomic mass is 10.0. The molecule has 2 saturated heterocycles. The summed E-state index contributed by atoms with van der Waals surface area (Å²) in [5.74, 6) is 0.698. The van der Waals surface area contributed by atoms with Crippen LogP contribution < -0.4 is 14.5 Å². The van der Waals surface area contributed by atoms with E-state index in [-0.39, 0.29) is 37.7 Å². The van der Waals surface area contributed by atoms with E-state index in [0.29, 0.717) is 50.0 Å². The van der Waals surface area contributed by atoms with Gasteiger partial charge in [0.1, 0.15) is 18.0 Å². The van der Waals surface area contributed by atoms with Crippen LogP contribution in [0.1, 0.15) is 51.3 Å². The Morgan fingerprint density at radius 2 is 1.83 bits per heavy atom. The molecule has 1 aromatic heterocycles. The summed E-state index contributed by atoms with van der Waals surface area (Å²) in [5.41, 5.74) is 2.21. The minimum atomic E-state index is -1.03. The van der Waals surface area contributed by atoms with Crippen LogP contribution >= 0.6 is 11.6 Å². The molecule has 13 heteroatoms. The summed E-state index contributed by atoms with van der Waals surface area (Å²) >= 11 is 6.70. The number of carbonyl (C=O) groups excluding carboxylic acids is 1. The number of aromatic nitrogens is 2. The van der Waals surface area contributed by atoms with Gasteiger partial charge in [0.2, 0.25) is 0 Å². The van der Waals surface area contributed by atoms with Crippen molar-refractivity contribution in [2.75, 3.05) is 49.1 Å². The number of rotatable bonds is 6. The average Bonchev–Trinajstić information content (AvgIpc) is 3.51. The molecule has 12 nitrogen and oxygen atoms in total. The first-order valence-corrected chi connectivity index (χ1v) is 16.5. The van der Waals surface area contributed by atoms with E-state index < -0.39 is 17.7 Å². The van der Waals surface area contributed by atoms with E-state index in [1.165, 1.54) is 4.90 Å². The summed E-state index contributed by atoms with van der Waals surface area (Å²) in [7, 11) is 0. The molecule has 248 valence electrons. The lowest BCUT2D eigenvalue weighted by molar-refractivity contribution is 0.0183. The van der Waals surface area contributed by atoms with Gasteiger partial charge in [0.25, 0.3) is 0 Å². The van der Waals surface area contributed by atoms with Crippen LogP contribution in [0.5, 0.6) is 6.01 Å². The molecular formula is C34H40ClN7O5. The Bertz CT molecular complexity index is 1700. The number of anilines is 2. The fraction of sp³-hybridized carbons (Fsp3) is 0.500. The highest BCUT2D eigenvalue weighted by Gasteiger charge is 2.36. The van der Waals surface area contributed by atoms with Crippen molar-refractivity contribution >= 4 is 46.1 Å². The second kappa shape index (κ2) is 13.3. The van der Waals surface area contributed by atoms with Crippen molar-refractivity contribution in [1.82, 2.24) is 19.8 Å². The molecule has 3 aliphatic rings. The fourth-order valence-corrected chi connectivity index (χ4v) is 7.06. The molecule has 0 bridgehead atoms. The predicted molar refractivity (Wildman–Crippen MR) is 178 cm³/mol. The third kappa shape index (κ3) is 6.95. The zero-order chi connectivity index (χ0) is 33.3. The van der Waals surface area contributed by atoms with Crippen LogP contribution in [-0.4, -0.2) is 94.1 Å². The van der Waals surface area contributed by atoms with Gasteiger partial charge in [0.05, 0.1) is 41.8 Å². The summed E-state index contributed by atoms with van der Waals surface area (Å²) in [4.78, 5) is 42.0. The van der Waals surface area contributed by atoms with E-state index in [2.05, 4.69) is 21.9 Å². The maximum absolute atomic E-state index is 12.9. The predicted octanol–water partition coefficient (Wildman–Crippen LogP) is 5.71. The van der Waals surface area contributed by atoms with Crippen LogP contribution in [0.3, 0.4) is 0 Å². The Kier molecular flexibility index (Phi) is 9.19. The highest BCUT2D eigenvalue weighted by atomic mass is 35.5. The Morgan fingerprint density at radius 1 is 1.04 bits per heavy atom. The molecule has 2 fully saturated rings. The van der Waals surface area contributed by atoms with Gasteiger partial charge in [-0.2, -0.15) is 15.2 Å². The second-order valence-electron chi connectivity index (χ2n) is 13.3. The minimum Gasteiger partial charge on any atom is -0.465 e. The summed E-state index contributed by atoms with van der Waals surface area (Å²) < 4.78 is 11.9. The molecule has 0 saturated carbocycles. The quantitative estimate of drug-likeness (QED) is 0.350. The van der Waals surface area contributed by atoms with Crippen LogP contribution in [0.4, 0.5) is 21.1 Å². The van der Waals surface area contributed by atoms with Gasteiger partial charge in [0.15, 0.2) is 0 Å². The van der Waals surface area contributed by atoms with E-state index in [0.717, 1.165) is 40.6 Å². The molecule has 6 rings (SSSR count). The van der Waals surface area contributed by atoms with Crippen LogP contribution in [0, 0.1) is 11.3 Å². The van der Waals surface area contributed by atoms with Gasteiger partial charge < -0.3 is 34.2 Å². The number of ether oxygens (including phenoxy) is 2. The van der Waals surface area contributed by atoms with Gasteiger partial charge in [-0.3, -0.25) is 0 Å². The lowest BCUT2D eigenvalue weighted by Gasteiger charge is -2.41. The number of nitriles is 1. The van der Waals surface area contributed by atoms with Crippen molar-refractivity contribution in [3.63, 3.8) is 0 Å². The van der Waals surface area contributed by atoms with Crippen molar-refractivity contribution in [2.24, 2.45) is 0 Å². The van der Waals surface area contributed by atoms with Gasteiger partial charge >= 0.3 is 18.2 Å². The molecule has 2 amide bonds. The maximum atomic E-state index is 12.9. The second-order valence-corrected chi connectivity index (χ2v) is 13.7. The van der Waals surface area contributed by atoms with Crippen LogP contribution in [0.15, 0.2) is 36.4 Å². The molecule has 2 atom stereocenters. The molecule has 47 heavy (non-hydrogen) atoms. The summed E-state index contributed by atoms with van der Waals surface area (Å²) in [6, 6.07) is 13.7. The molecule has 0 aliphatic carbocycles. The molecule has 1 unspecified atom stereocenters. The van der Waals surface area contributed by atoms with Gasteiger partial charge in [0, 0.05) is 49.4 Å². The zero-order valence-electron chi connectivity index (χ0n) is 27.0. The largest absolute Gasteiger partial charge is 0.465 e. The van der Waals surface area contributed by atoms with E-state index in [1.807, 2.05) is 51.1 Å². The lowest BCUT2D eigenvalue weighted by Crippen LogP contribution is -2.55. The number of hydrogen-bond acceptors (Lipinski definition) is 9. The number of nitrogens with zero attached hydrogens (tertiary/aromatic N) is 7. The van der Waals surface area contributed by atoms with Gasteiger partial charge in [-0.1, -0.05) is 35.9 Å². The van der Waals surface area contributed by atoms with Gasteiger partial charge in [-0.25, -0.2) is 9.59 Å². The van der Waals surface area contributed by atoms with Gasteiger partial charge in [-0.05, 0) is 57.6 Å². The first kappa shape index (κ1) is 32.4. The average molecular weight is 662 g/mol. The Hall–Kier alpha value is -4.50. The van der Waals surface area contributed by atoms with Crippen molar-refractivity contribution in [2.45, 2.75) is 70.7 Å². The Labute approximate surface area is 279 Å². The molecule has 1 N–H and O–H groups in total. The molecule has 2 aromatic carbocycles. The number of benzene rings is 2. The highest BCUT2D eigenvalue weighted by molar-refractivity contribution is 6.36. The summed E-state index contributed by atoms with van der Waals surface area (Å²) in [6.45, 7) is 8.57. The number of likely N-dealkylation sites (tertiary alicyclic amines) is 1. The Balaban J connectivity index is 1.31. The molecule has 0 radical (unpaired) electrons. The topological polar surface area (TPSA) is 135 Å². The number of fused-ring (bicyclic) bond motifs is 2. The number of halogens is 1. The van der Waals surface area contributed by atoms with Crippen molar-refractivity contribution < 1.29 is 24.2 Å². The SMILES string of the molecule is CC(C)(C)OC(=O)N1CCC[C@H]1COc1nc2c(c(N3CCN(C(=O)O)C(CC#N)C3)n1)CCN(c1cccc3cccc(Cl)c13)C2. The van der Waals surface area contributed by atoms with Crippen molar-refractivity contribution in [3.8, 4) is 12.1 Å². The summed E-state index contributed by atoms with van der Waals surface area (Å²) in [6.07, 6.45) is 0.967. The number of carbonyl (C=O) groups is 2. The van der Waals surface area contributed by atoms with Crippen molar-refractivity contribution in [1.29, 1.82) is 5.26 Å². The van der Waals surface area contributed by atoms with Crippen LogP contribution in [0.25, 0.3) is 10.8 Å². The maximum Gasteiger partial charge on any atom is 0.410 e. The molecule has 3 aliphatic heterocycles. The Morgan fingerprint density at radius 3 is 2.57 bits per heavy atom. The third-order valence-corrected chi connectivity index (χ3v) is 9.28. The number of hydrogen-bond donors (Lipinski definition) is 1.